The van der Waals surface area contributed by atoms with Crippen molar-refractivity contribution in [2.24, 2.45) is 0 Å². The molecule has 0 aromatic heterocycles. The van der Waals surface area contributed by atoms with E-state index >= 15 is 0 Å². The Morgan fingerprint density at radius 1 is 0.750 bits per heavy atom. The van der Waals surface area contributed by atoms with Crippen molar-refractivity contribution in [2.45, 2.75) is 25.7 Å². The van der Waals surface area contributed by atoms with Crippen molar-refractivity contribution < 1.29 is 27.4 Å². The molecule has 0 aliphatic rings. The minimum atomic E-state index is -3.78. The first-order valence-electron chi connectivity index (χ1n) is 9.25. The molecule has 0 bridgehead atoms. The molecule has 7 nitrogen and oxygen atoms in total. The highest BCUT2D eigenvalue weighted by molar-refractivity contribution is 7.89. The van der Waals surface area contributed by atoms with Crippen LogP contribution in [-0.2, 0) is 10.0 Å². The van der Waals surface area contributed by atoms with Crippen LogP contribution in [0.5, 0.6) is 23.0 Å². The molecular weight excluding hydrogens is 382 g/mol. The summed E-state index contributed by atoms with van der Waals surface area (Å²) in [5.41, 5.74) is 0. The van der Waals surface area contributed by atoms with Crippen LogP contribution in [0.25, 0.3) is 0 Å². The lowest BCUT2D eigenvalue weighted by Crippen LogP contribution is -2.28. The van der Waals surface area contributed by atoms with Crippen LogP contribution in [0, 0.1) is 0 Å². The number of sulfonamides is 1. The van der Waals surface area contributed by atoms with E-state index in [1.54, 1.807) is 43.3 Å². The lowest BCUT2D eigenvalue weighted by molar-refractivity contribution is 0.317. The number of benzene rings is 2. The van der Waals surface area contributed by atoms with Gasteiger partial charge in [-0.15, -0.1) is 0 Å². The third kappa shape index (κ3) is 6.31. The fraction of sp³-hybridized carbons (Fsp3) is 0.400. The molecule has 0 atom stereocenters. The first kappa shape index (κ1) is 21.8. The maximum absolute atomic E-state index is 12.7. The van der Waals surface area contributed by atoms with Gasteiger partial charge in [0.05, 0.1) is 19.8 Å². The van der Waals surface area contributed by atoms with Crippen molar-refractivity contribution in [3.05, 3.63) is 42.5 Å². The molecule has 0 radical (unpaired) electrons. The SMILES string of the molecule is CCOc1ccc(OCCNS(=O)(=O)c2cc(OCC)ccc2OCC)cc1. The first-order chi connectivity index (χ1) is 13.5. The molecule has 1 N–H and O–H groups in total. The second-order valence-electron chi connectivity index (χ2n) is 5.63. The monoisotopic (exact) mass is 409 g/mol. The lowest BCUT2D eigenvalue weighted by atomic mass is 10.3. The number of nitrogens with one attached hydrogen (secondary N) is 1. The second-order valence-corrected chi connectivity index (χ2v) is 7.36. The average molecular weight is 410 g/mol. The Kier molecular flexibility index (Phi) is 8.41. The highest BCUT2D eigenvalue weighted by atomic mass is 32.2. The fourth-order valence-electron chi connectivity index (χ4n) is 2.45. The topological polar surface area (TPSA) is 83.1 Å². The van der Waals surface area contributed by atoms with Gasteiger partial charge in [0, 0.05) is 12.6 Å². The van der Waals surface area contributed by atoms with E-state index in [4.69, 9.17) is 18.9 Å². The van der Waals surface area contributed by atoms with Crippen molar-refractivity contribution in [3.63, 3.8) is 0 Å². The Labute approximate surface area is 166 Å². The van der Waals surface area contributed by atoms with Gasteiger partial charge in [-0.25, -0.2) is 13.1 Å². The molecular formula is C20H27NO6S. The van der Waals surface area contributed by atoms with Crippen LogP contribution in [0.3, 0.4) is 0 Å². The summed E-state index contributed by atoms with van der Waals surface area (Å²) in [4.78, 5) is 0.0429. The molecule has 154 valence electrons. The minimum absolute atomic E-state index is 0.0429. The van der Waals surface area contributed by atoms with Crippen molar-refractivity contribution in [3.8, 4) is 23.0 Å². The predicted molar refractivity (Wildman–Crippen MR) is 107 cm³/mol. The van der Waals surface area contributed by atoms with Gasteiger partial charge in [-0.2, -0.15) is 0 Å². The summed E-state index contributed by atoms with van der Waals surface area (Å²) in [5, 5.41) is 0. The van der Waals surface area contributed by atoms with Crippen molar-refractivity contribution >= 4 is 10.0 Å². The van der Waals surface area contributed by atoms with Gasteiger partial charge >= 0.3 is 0 Å². The largest absolute Gasteiger partial charge is 0.494 e. The summed E-state index contributed by atoms with van der Waals surface area (Å²) >= 11 is 0. The average Bonchev–Trinajstić information content (AvgIpc) is 2.68. The summed E-state index contributed by atoms with van der Waals surface area (Å²) in [7, 11) is -3.78. The molecule has 0 spiro atoms. The minimum Gasteiger partial charge on any atom is -0.494 e. The van der Waals surface area contributed by atoms with Gasteiger partial charge in [-0.05, 0) is 57.2 Å². The van der Waals surface area contributed by atoms with Crippen LogP contribution >= 0.6 is 0 Å². The Morgan fingerprint density at radius 2 is 1.29 bits per heavy atom. The van der Waals surface area contributed by atoms with Gasteiger partial charge in [-0.1, -0.05) is 0 Å². The van der Waals surface area contributed by atoms with Crippen LogP contribution in [0.4, 0.5) is 0 Å². The summed E-state index contributed by atoms with van der Waals surface area (Å²) in [5.74, 6) is 2.15. The van der Waals surface area contributed by atoms with Gasteiger partial charge in [0.25, 0.3) is 0 Å². The van der Waals surface area contributed by atoms with E-state index in [2.05, 4.69) is 4.72 Å². The smallest absolute Gasteiger partial charge is 0.244 e. The molecule has 2 aromatic rings. The van der Waals surface area contributed by atoms with E-state index in [1.807, 2.05) is 13.8 Å². The molecule has 2 aromatic carbocycles. The summed E-state index contributed by atoms with van der Waals surface area (Å²) in [6.07, 6.45) is 0. The summed E-state index contributed by atoms with van der Waals surface area (Å²) in [6.45, 7) is 7.23. The van der Waals surface area contributed by atoms with Gasteiger partial charge in [0.2, 0.25) is 10.0 Å². The summed E-state index contributed by atoms with van der Waals surface area (Å²) < 4.78 is 49.7. The molecule has 0 heterocycles. The zero-order valence-electron chi connectivity index (χ0n) is 16.4. The number of ether oxygens (including phenoxy) is 4. The Morgan fingerprint density at radius 3 is 1.89 bits per heavy atom. The van der Waals surface area contributed by atoms with Crippen LogP contribution in [0.2, 0.25) is 0 Å². The standard InChI is InChI=1S/C20H27NO6S/c1-4-24-16-7-9-17(10-8-16)27-14-13-21-28(22,23)20-15-18(25-5-2)11-12-19(20)26-6-3/h7-12,15,21H,4-6,13-14H2,1-3H3. The van der Waals surface area contributed by atoms with E-state index in [-0.39, 0.29) is 23.8 Å². The second kappa shape index (κ2) is 10.8. The molecule has 0 saturated heterocycles. The molecule has 0 fully saturated rings. The van der Waals surface area contributed by atoms with Gasteiger partial charge in [0.15, 0.2) is 0 Å². The van der Waals surface area contributed by atoms with Gasteiger partial charge in [0.1, 0.15) is 34.5 Å². The van der Waals surface area contributed by atoms with Crippen molar-refractivity contribution in [1.29, 1.82) is 0 Å². The first-order valence-corrected chi connectivity index (χ1v) is 10.7. The Hall–Kier alpha value is -2.45. The van der Waals surface area contributed by atoms with E-state index < -0.39 is 10.0 Å². The maximum Gasteiger partial charge on any atom is 0.244 e. The number of hydrogen-bond acceptors (Lipinski definition) is 6. The molecule has 2 rings (SSSR count). The number of rotatable bonds is 12. The molecule has 28 heavy (non-hydrogen) atoms. The van der Waals surface area contributed by atoms with Crippen LogP contribution in [0.1, 0.15) is 20.8 Å². The summed E-state index contributed by atoms with van der Waals surface area (Å²) in [6, 6.07) is 11.9. The molecule has 0 unspecified atom stereocenters. The molecule has 8 heteroatoms. The molecule has 0 saturated carbocycles. The normalized spacial score (nSPS) is 11.1. The van der Waals surface area contributed by atoms with E-state index in [1.165, 1.54) is 6.07 Å². The zero-order chi connectivity index (χ0) is 20.4. The van der Waals surface area contributed by atoms with Gasteiger partial charge in [-0.3, -0.25) is 0 Å². The third-order valence-corrected chi connectivity index (χ3v) is 5.10. The Balaban J connectivity index is 1.98. The quantitative estimate of drug-likeness (QED) is 0.542. The van der Waals surface area contributed by atoms with E-state index in [0.717, 1.165) is 5.75 Å². The Bertz CT molecular complexity index is 836. The van der Waals surface area contributed by atoms with Crippen LogP contribution < -0.4 is 23.7 Å². The molecule has 0 aliphatic heterocycles. The predicted octanol–water partition coefficient (Wildman–Crippen LogP) is 3.24. The molecule has 0 amide bonds. The number of hydrogen-bond donors (Lipinski definition) is 1. The van der Waals surface area contributed by atoms with Crippen LogP contribution in [-0.4, -0.2) is 41.4 Å². The van der Waals surface area contributed by atoms with Crippen molar-refractivity contribution in [1.82, 2.24) is 4.72 Å². The van der Waals surface area contributed by atoms with Crippen LogP contribution in [0.15, 0.2) is 47.4 Å². The fourth-order valence-corrected chi connectivity index (χ4v) is 3.62. The third-order valence-electron chi connectivity index (χ3n) is 3.61. The maximum atomic E-state index is 12.7. The van der Waals surface area contributed by atoms with E-state index in [9.17, 15) is 8.42 Å². The highest BCUT2D eigenvalue weighted by Gasteiger charge is 2.20. The highest BCUT2D eigenvalue weighted by Crippen LogP contribution is 2.28. The van der Waals surface area contributed by atoms with Gasteiger partial charge < -0.3 is 18.9 Å². The van der Waals surface area contributed by atoms with Crippen molar-refractivity contribution in [2.75, 3.05) is 33.0 Å². The zero-order valence-corrected chi connectivity index (χ0v) is 17.3. The lowest BCUT2D eigenvalue weighted by Gasteiger charge is -2.14. The van der Waals surface area contributed by atoms with E-state index in [0.29, 0.717) is 31.3 Å². The molecule has 0 aliphatic carbocycles.